The summed E-state index contributed by atoms with van der Waals surface area (Å²) in [5.74, 6) is -0.0302. The average Bonchev–Trinajstić information content (AvgIpc) is 3.26. The van der Waals surface area contributed by atoms with Crippen LogP contribution in [-0.2, 0) is 16.1 Å². The highest BCUT2D eigenvalue weighted by atomic mass is 16.5. The molecule has 32 heavy (non-hydrogen) atoms. The largest absolute Gasteiger partial charge is 0.370 e. The van der Waals surface area contributed by atoms with Crippen molar-refractivity contribution in [1.82, 2.24) is 20.0 Å². The molecule has 8 heteroatoms. The minimum atomic E-state index is -0.583. The van der Waals surface area contributed by atoms with E-state index < -0.39 is 5.66 Å². The Labute approximate surface area is 188 Å². The molecule has 1 aromatic heterocycles. The first-order valence-electron chi connectivity index (χ1n) is 11.4. The summed E-state index contributed by atoms with van der Waals surface area (Å²) in [6.07, 6.45) is 2.24. The van der Waals surface area contributed by atoms with Gasteiger partial charge in [-0.25, -0.2) is 0 Å². The van der Waals surface area contributed by atoms with E-state index in [1.54, 1.807) is 0 Å². The quantitative estimate of drug-likeness (QED) is 0.770. The lowest BCUT2D eigenvalue weighted by molar-refractivity contribution is -0.140. The second-order valence-electron chi connectivity index (χ2n) is 9.69. The summed E-state index contributed by atoms with van der Waals surface area (Å²) < 4.78 is 8.23. The van der Waals surface area contributed by atoms with Gasteiger partial charge in [-0.05, 0) is 44.9 Å². The first-order chi connectivity index (χ1) is 15.3. The Kier molecular flexibility index (Phi) is 5.00. The summed E-state index contributed by atoms with van der Waals surface area (Å²) in [6, 6.07) is 9.60. The van der Waals surface area contributed by atoms with Crippen LogP contribution in [0.3, 0.4) is 0 Å². The monoisotopic (exact) mass is 437 g/mol. The molecule has 8 nitrogen and oxygen atoms in total. The van der Waals surface area contributed by atoms with Gasteiger partial charge in [0.15, 0.2) is 0 Å². The van der Waals surface area contributed by atoms with E-state index in [4.69, 9.17) is 4.74 Å². The van der Waals surface area contributed by atoms with Crippen molar-refractivity contribution < 1.29 is 14.3 Å². The minimum absolute atomic E-state index is 0.0643. The minimum Gasteiger partial charge on any atom is -0.370 e. The summed E-state index contributed by atoms with van der Waals surface area (Å²) in [5.41, 5.74) is 2.66. The highest BCUT2D eigenvalue weighted by molar-refractivity contribution is 6.02. The predicted octanol–water partition coefficient (Wildman–Crippen LogP) is 2.47. The second-order valence-corrected chi connectivity index (χ2v) is 9.69. The molecule has 170 valence electrons. The number of likely N-dealkylation sites (tertiary alicyclic amines) is 1. The van der Waals surface area contributed by atoms with Crippen LogP contribution >= 0.6 is 0 Å². The van der Waals surface area contributed by atoms with Crippen molar-refractivity contribution in [2.45, 2.75) is 57.8 Å². The third-order valence-electron chi connectivity index (χ3n) is 7.11. The Hall–Kier alpha value is -2.87. The summed E-state index contributed by atoms with van der Waals surface area (Å²) in [4.78, 5) is 27.7. The highest BCUT2D eigenvalue weighted by Gasteiger charge is 2.53. The van der Waals surface area contributed by atoms with Gasteiger partial charge in [-0.1, -0.05) is 19.1 Å². The van der Waals surface area contributed by atoms with E-state index >= 15 is 0 Å². The number of anilines is 1. The van der Waals surface area contributed by atoms with E-state index in [9.17, 15) is 9.59 Å². The Morgan fingerprint density at radius 3 is 2.69 bits per heavy atom. The number of carbonyl (C=O) groups excluding carboxylic acids is 2. The van der Waals surface area contributed by atoms with E-state index in [1.165, 1.54) is 0 Å². The Balaban J connectivity index is 1.21. The third kappa shape index (κ3) is 3.66. The van der Waals surface area contributed by atoms with Gasteiger partial charge in [0, 0.05) is 30.9 Å². The molecular weight excluding hydrogens is 406 g/mol. The van der Waals surface area contributed by atoms with Gasteiger partial charge >= 0.3 is 0 Å². The maximum absolute atomic E-state index is 13.1. The number of piperidine rings is 1. The van der Waals surface area contributed by atoms with Crippen LogP contribution in [0, 0.1) is 19.8 Å². The van der Waals surface area contributed by atoms with Gasteiger partial charge in [0.25, 0.3) is 5.91 Å². The van der Waals surface area contributed by atoms with E-state index in [-0.39, 0.29) is 23.3 Å². The van der Waals surface area contributed by atoms with Gasteiger partial charge in [0.2, 0.25) is 5.91 Å². The number of benzene rings is 1. The smallest absolute Gasteiger partial charge is 0.255 e. The fourth-order valence-corrected chi connectivity index (χ4v) is 5.42. The zero-order valence-electron chi connectivity index (χ0n) is 19.0. The Bertz CT molecular complexity index is 1060. The molecule has 1 aromatic carbocycles. The first-order valence-corrected chi connectivity index (χ1v) is 11.4. The van der Waals surface area contributed by atoms with Crippen LogP contribution in [0.15, 0.2) is 30.3 Å². The summed E-state index contributed by atoms with van der Waals surface area (Å²) >= 11 is 0. The predicted molar refractivity (Wildman–Crippen MR) is 120 cm³/mol. The molecule has 2 amide bonds. The summed E-state index contributed by atoms with van der Waals surface area (Å²) in [6.45, 7) is 8.32. The van der Waals surface area contributed by atoms with Crippen molar-refractivity contribution in [2.75, 3.05) is 25.0 Å². The van der Waals surface area contributed by atoms with Crippen molar-refractivity contribution in [1.29, 1.82) is 0 Å². The fourth-order valence-electron chi connectivity index (χ4n) is 5.42. The molecule has 3 aliphatic rings. The number of amides is 2. The number of aryl methyl sites for hydroxylation is 2. The zero-order chi connectivity index (χ0) is 22.5. The van der Waals surface area contributed by atoms with Crippen molar-refractivity contribution in [3.05, 3.63) is 47.3 Å². The number of fused-ring (bicyclic) bond motifs is 1. The first kappa shape index (κ1) is 21.0. The lowest BCUT2D eigenvalue weighted by Gasteiger charge is -2.41. The molecule has 2 atom stereocenters. The maximum Gasteiger partial charge on any atom is 0.255 e. The number of carbonyl (C=O) groups is 2. The van der Waals surface area contributed by atoms with Crippen LogP contribution in [-0.4, -0.2) is 57.5 Å². The molecular formula is C24H31N5O3. The van der Waals surface area contributed by atoms with Crippen LogP contribution in [0.1, 0.15) is 47.9 Å². The molecule has 2 saturated heterocycles. The average molecular weight is 438 g/mol. The van der Waals surface area contributed by atoms with E-state index in [0.29, 0.717) is 38.2 Å². The molecule has 0 saturated carbocycles. The number of ether oxygens (including phenoxy) is 1. The molecule has 5 rings (SSSR count). The number of rotatable bonds is 3. The van der Waals surface area contributed by atoms with Crippen LogP contribution in [0.4, 0.5) is 5.69 Å². The molecule has 2 unspecified atom stereocenters. The van der Waals surface area contributed by atoms with E-state index in [2.05, 4.69) is 15.7 Å². The number of nitrogens with one attached hydrogen (secondary N) is 2. The Morgan fingerprint density at radius 1 is 1.22 bits per heavy atom. The summed E-state index contributed by atoms with van der Waals surface area (Å²) in [5, 5.41) is 11.1. The van der Waals surface area contributed by atoms with Crippen LogP contribution in [0.2, 0.25) is 0 Å². The SMILES string of the molecule is Cc1cc(C)n(CC(C)C(=O)N2CCC3(CC2)CC2(CO3)NC(=O)c3ccccc3N2)n1. The van der Waals surface area contributed by atoms with E-state index in [1.807, 2.05) is 60.7 Å². The van der Waals surface area contributed by atoms with Crippen molar-refractivity contribution in [3.8, 4) is 0 Å². The highest BCUT2D eigenvalue weighted by Crippen LogP contribution is 2.43. The topological polar surface area (TPSA) is 88.5 Å². The number of hydrogen-bond acceptors (Lipinski definition) is 5. The second kappa shape index (κ2) is 7.62. The standard InChI is InChI=1S/C24H31N5O3/c1-16(13-29-18(3)12-17(2)27-29)22(31)28-10-8-23(9-11-28)14-24(15-32-23)25-20-7-5-4-6-19(20)21(30)26-24/h4-7,12,16,25H,8-11,13-15H2,1-3H3,(H,26,30). The molecule has 0 radical (unpaired) electrons. The van der Waals surface area contributed by atoms with Gasteiger partial charge < -0.3 is 20.3 Å². The molecule has 2 N–H and O–H groups in total. The number of aromatic nitrogens is 2. The van der Waals surface area contributed by atoms with Crippen molar-refractivity contribution >= 4 is 17.5 Å². The lowest BCUT2D eigenvalue weighted by atomic mass is 9.84. The number of nitrogens with zero attached hydrogens (tertiary/aromatic N) is 3. The van der Waals surface area contributed by atoms with Gasteiger partial charge in [0.05, 0.1) is 35.9 Å². The fraction of sp³-hybridized carbons (Fsp3) is 0.542. The lowest BCUT2D eigenvalue weighted by Crippen LogP contribution is -2.59. The van der Waals surface area contributed by atoms with Gasteiger partial charge in [-0.2, -0.15) is 5.10 Å². The van der Waals surface area contributed by atoms with Crippen molar-refractivity contribution in [3.63, 3.8) is 0 Å². The van der Waals surface area contributed by atoms with Gasteiger partial charge in [-0.3, -0.25) is 14.3 Å². The van der Waals surface area contributed by atoms with Gasteiger partial charge in [-0.15, -0.1) is 0 Å². The molecule has 2 fully saturated rings. The molecule has 0 bridgehead atoms. The van der Waals surface area contributed by atoms with Crippen LogP contribution in [0.25, 0.3) is 0 Å². The number of para-hydroxylation sites is 1. The molecule has 2 spiro atoms. The normalized spacial score (nSPS) is 24.8. The molecule has 2 aromatic rings. The zero-order valence-corrected chi connectivity index (χ0v) is 19.0. The van der Waals surface area contributed by atoms with Gasteiger partial charge in [0.1, 0.15) is 5.66 Å². The maximum atomic E-state index is 13.1. The molecule has 0 aliphatic carbocycles. The molecule has 4 heterocycles. The van der Waals surface area contributed by atoms with Crippen LogP contribution < -0.4 is 10.6 Å². The van der Waals surface area contributed by atoms with Crippen molar-refractivity contribution in [2.24, 2.45) is 5.92 Å². The third-order valence-corrected chi connectivity index (χ3v) is 7.11. The van der Waals surface area contributed by atoms with E-state index in [0.717, 1.165) is 29.9 Å². The Morgan fingerprint density at radius 2 is 1.97 bits per heavy atom. The van der Waals surface area contributed by atoms with Crippen LogP contribution in [0.5, 0.6) is 0 Å². The molecule has 3 aliphatic heterocycles. The number of hydrogen-bond donors (Lipinski definition) is 2. The summed E-state index contributed by atoms with van der Waals surface area (Å²) in [7, 11) is 0.